The first-order chi connectivity index (χ1) is 8.51. The molecular weight excluding hydrogens is 224 g/mol. The fraction of sp³-hybridized carbons (Fsp3) is 0.533. The third-order valence-electron chi connectivity index (χ3n) is 4.33. The highest BCUT2D eigenvalue weighted by molar-refractivity contribution is 6.07. The Morgan fingerprint density at radius 3 is 2.50 bits per heavy atom. The molecule has 0 spiro atoms. The topological polar surface area (TPSA) is 23.6 Å². The summed E-state index contributed by atoms with van der Waals surface area (Å²) in [5.74, 6) is 0.191. The lowest BCUT2D eigenvalue weighted by Crippen LogP contribution is -2.33. The highest BCUT2D eigenvalue weighted by atomic mass is 16.2. The third kappa shape index (κ3) is 1.46. The molecule has 0 aliphatic carbocycles. The number of anilines is 2. The van der Waals surface area contributed by atoms with Crippen molar-refractivity contribution in [2.24, 2.45) is 0 Å². The normalized spacial score (nSPS) is 21.6. The maximum absolute atomic E-state index is 12.2. The predicted octanol–water partition coefficient (Wildman–Crippen LogP) is 2.54. The summed E-state index contributed by atoms with van der Waals surface area (Å²) < 4.78 is 0. The largest absolute Gasteiger partial charge is 0.372 e. The molecule has 18 heavy (non-hydrogen) atoms. The molecule has 3 heteroatoms. The van der Waals surface area contributed by atoms with Gasteiger partial charge >= 0.3 is 0 Å². The number of nitrogens with zero attached hydrogens (tertiary/aromatic N) is 2. The van der Waals surface area contributed by atoms with E-state index in [0.29, 0.717) is 0 Å². The van der Waals surface area contributed by atoms with Gasteiger partial charge < -0.3 is 9.80 Å². The van der Waals surface area contributed by atoms with Gasteiger partial charge in [0.2, 0.25) is 5.91 Å². The zero-order chi connectivity index (χ0) is 12.9. The van der Waals surface area contributed by atoms with Gasteiger partial charge in [0.05, 0.1) is 5.41 Å². The Kier molecular flexibility index (Phi) is 2.40. The molecule has 0 saturated carbocycles. The first-order valence-corrected chi connectivity index (χ1v) is 6.69. The monoisotopic (exact) mass is 244 g/mol. The summed E-state index contributed by atoms with van der Waals surface area (Å²) in [4.78, 5) is 16.4. The van der Waals surface area contributed by atoms with E-state index in [9.17, 15) is 4.79 Å². The molecule has 0 N–H and O–H groups in total. The van der Waals surface area contributed by atoms with Crippen LogP contribution in [-0.4, -0.2) is 26.0 Å². The number of likely N-dealkylation sites (N-methyl/N-ethyl adjacent to an activating group) is 1. The summed E-state index contributed by atoms with van der Waals surface area (Å²) >= 11 is 0. The van der Waals surface area contributed by atoms with E-state index >= 15 is 0 Å². The average Bonchev–Trinajstić information content (AvgIpc) is 2.94. The fourth-order valence-corrected chi connectivity index (χ4v) is 3.13. The van der Waals surface area contributed by atoms with Gasteiger partial charge in [-0.2, -0.15) is 0 Å². The Morgan fingerprint density at radius 1 is 1.17 bits per heavy atom. The molecule has 1 amide bonds. The first kappa shape index (κ1) is 11.6. The summed E-state index contributed by atoms with van der Waals surface area (Å²) in [6, 6.07) is 6.45. The minimum atomic E-state index is -0.389. The highest BCUT2D eigenvalue weighted by Crippen LogP contribution is 2.42. The summed E-state index contributed by atoms with van der Waals surface area (Å²) in [7, 11) is 1.87. The predicted molar refractivity (Wildman–Crippen MR) is 74.3 cm³/mol. The van der Waals surface area contributed by atoms with Crippen LogP contribution >= 0.6 is 0 Å². The second kappa shape index (κ2) is 3.74. The van der Waals surface area contributed by atoms with Crippen LogP contribution in [-0.2, 0) is 10.2 Å². The SMILES string of the molecule is CN1C(=O)C(C)(C)c2cc(N3CCCC3)ccc21. The molecule has 1 aromatic rings. The molecule has 0 unspecified atom stereocenters. The summed E-state index contributed by atoms with van der Waals surface area (Å²) in [5, 5.41) is 0. The summed E-state index contributed by atoms with van der Waals surface area (Å²) in [5.41, 5.74) is 3.11. The standard InChI is InChI=1S/C15H20N2O/c1-15(2)12-10-11(17-8-4-5-9-17)6-7-13(12)16(3)14(15)18/h6-7,10H,4-5,8-9H2,1-3H3. The number of benzene rings is 1. The van der Waals surface area contributed by atoms with Gasteiger partial charge in [0.25, 0.3) is 0 Å². The van der Waals surface area contributed by atoms with Crippen molar-refractivity contribution >= 4 is 17.3 Å². The molecule has 1 aromatic carbocycles. The highest BCUT2D eigenvalue weighted by Gasteiger charge is 2.42. The minimum Gasteiger partial charge on any atom is -0.372 e. The molecule has 3 nitrogen and oxygen atoms in total. The van der Waals surface area contributed by atoms with Gasteiger partial charge in [-0.1, -0.05) is 0 Å². The van der Waals surface area contributed by atoms with Gasteiger partial charge in [-0.25, -0.2) is 0 Å². The lowest BCUT2D eigenvalue weighted by atomic mass is 9.86. The van der Waals surface area contributed by atoms with E-state index in [1.54, 1.807) is 4.90 Å². The first-order valence-electron chi connectivity index (χ1n) is 6.69. The number of amides is 1. The number of carbonyl (C=O) groups is 1. The molecule has 3 rings (SSSR count). The second-order valence-electron chi connectivity index (χ2n) is 5.88. The van der Waals surface area contributed by atoms with Gasteiger partial charge in [0.15, 0.2) is 0 Å². The molecule has 1 fully saturated rings. The van der Waals surface area contributed by atoms with E-state index in [-0.39, 0.29) is 11.3 Å². The van der Waals surface area contributed by atoms with Gasteiger partial charge in [0.1, 0.15) is 0 Å². The van der Waals surface area contributed by atoms with Crippen molar-refractivity contribution in [3.05, 3.63) is 23.8 Å². The van der Waals surface area contributed by atoms with Crippen molar-refractivity contribution in [1.82, 2.24) is 0 Å². The molecule has 1 saturated heterocycles. The third-order valence-corrected chi connectivity index (χ3v) is 4.33. The Labute approximate surface area is 108 Å². The average molecular weight is 244 g/mol. The zero-order valence-corrected chi connectivity index (χ0v) is 11.4. The lowest BCUT2D eigenvalue weighted by molar-refractivity contribution is -0.121. The number of rotatable bonds is 1. The molecule has 2 heterocycles. The maximum Gasteiger partial charge on any atom is 0.236 e. The van der Waals surface area contributed by atoms with Crippen LogP contribution in [0.3, 0.4) is 0 Å². The van der Waals surface area contributed by atoms with Gasteiger partial charge in [-0.05, 0) is 50.5 Å². The molecule has 0 aromatic heterocycles. The maximum atomic E-state index is 12.2. The summed E-state index contributed by atoms with van der Waals surface area (Å²) in [6.45, 7) is 6.32. The lowest BCUT2D eigenvalue weighted by Gasteiger charge is -2.21. The van der Waals surface area contributed by atoms with Crippen molar-refractivity contribution < 1.29 is 4.79 Å². The number of carbonyl (C=O) groups excluding carboxylic acids is 1. The zero-order valence-electron chi connectivity index (χ0n) is 11.4. The van der Waals surface area contributed by atoms with Crippen LogP contribution in [0.4, 0.5) is 11.4 Å². The van der Waals surface area contributed by atoms with E-state index in [0.717, 1.165) is 18.8 Å². The van der Waals surface area contributed by atoms with E-state index in [1.165, 1.54) is 24.1 Å². The van der Waals surface area contributed by atoms with E-state index in [4.69, 9.17) is 0 Å². The summed E-state index contributed by atoms with van der Waals surface area (Å²) in [6.07, 6.45) is 2.55. The van der Waals surface area contributed by atoms with Crippen LogP contribution in [0.5, 0.6) is 0 Å². The molecule has 0 atom stereocenters. The fourth-order valence-electron chi connectivity index (χ4n) is 3.13. The van der Waals surface area contributed by atoms with Crippen LogP contribution in [0.1, 0.15) is 32.3 Å². The smallest absolute Gasteiger partial charge is 0.236 e. The van der Waals surface area contributed by atoms with Crippen molar-refractivity contribution in [1.29, 1.82) is 0 Å². The van der Waals surface area contributed by atoms with E-state index < -0.39 is 0 Å². The van der Waals surface area contributed by atoms with E-state index in [1.807, 2.05) is 20.9 Å². The van der Waals surface area contributed by atoms with Crippen molar-refractivity contribution in [3.8, 4) is 0 Å². The Morgan fingerprint density at radius 2 is 1.83 bits per heavy atom. The van der Waals surface area contributed by atoms with E-state index in [2.05, 4.69) is 23.1 Å². The van der Waals surface area contributed by atoms with Crippen molar-refractivity contribution in [3.63, 3.8) is 0 Å². The molecule has 96 valence electrons. The quantitative estimate of drug-likeness (QED) is 0.758. The van der Waals surface area contributed by atoms with Crippen LogP contribution in [0.15, 0.2) is 18.2 Å². The van der Waals surface area contributed by atoms with Crippen LogP contribution < -0.4 is 9.80 Å². The molecule has 0 radical (unpaired) electrons. The van der Waals surface area contributed by atoms with Crippen LogP contribution in [0, 0.1) is 0 Å². The second-order valence-corrected chi connectivity index (χ2v) is 5.88. The van der Waals surface area contributed by atoms with Crippen molar-refractivity contribution in [2.75, 3.05) is 29.9 Å². The minimum absolute atomic E-state index is 0.191. The van der Waals surface area contributed by atoms with Crippen LogP contribution in [0.2, 0.25) is 0 Å². The number of hydrogen-bond donors (Lipinski definition) is 0. The van der Waals surface area contributed by atoms with Gasteiger partial charge in [0, 0.05) is 31.5 Å². The number of fused-ring (bicyclic) bond motifs is 1. The Hall–Kier alpha value is -1.51. The molecule has 2 aliphatic heterocycles. The Balaban J connectivity index is 2.06. The molecule has 2 aliphatic rings. The molecular formula is C15H20N2O. The van der Waals surface area contributed by atoms with Gasteiger partial charge in [-0.3, -0.25) is 4.79 Å². The van der Waals surface area contributed by atoms with Gasteiger partial charge in [-0.15, -0.1) is 0 Å². The molecule has 0 bridgehead atoms. The van der Waals surface area contributed by atoms with Crippen LogP contribution in [0.25, 0.3) is 0 Å². The number of hydrogen-bond acceptors (Lipinski definition) is 2. The van der Waals surface area contributed by atoms with Crippen molar-refractivity contribution in [2.45, 2.75) is 32.1 Å². The Bertz CT molecular complexity index is 501.